The fraction of sp³-hybridized carbons (Fsp3) is 0.870. The molecule has 4 saturated heterocycles. The molecular formula is C54H91Cl3O19. The zero-order chi connectivity index (χ0) is 58.6. The standard InChI is InChI=1S/C15H23Cl3O5.C15H26O5.C12H20O5.C12H22O4/c1-6-8-10(12(19)22-14(3,4)5)11(9(7-2)21-8)13(20)23-15(16,17)18;1-7-9-11(13(16)18-6)12(10(8-2)19-9)14(17)20-15(3,4)5;1-5-7-9(11(13)15-3)10(12(14)16-4)8(6-2)17-7;1-5-9-8(7-14-3)11(12(13)15-4)10(6-2)16-9/h8-11H,6-7H2,1-5H3;9-12H,7-8H2,1-6H3;7-10H,5-6H2,1-4H3;8-11H,5-7H2,1-4H3. The van der Waals surface area contributed by atoms with Gasteiger partial charge in [-0.15, -0.1) is 0 Å². The summed E-state index contributed by atoms with van der Waals surface area (Å²) in [4.78, 5) is 84.7. The first-order valence-corrected chi connectivity index (χ1v) is 27.7. The van der Waals surface area contributed by atoms with Crippen LogP contribution in [0.15, 0.2) is 0 Å². The second-order valence-electron chi connectivity index (χ2n) is 20.9. The molecule has 0 aromatic heterocycles. The Morgan fingerprint density at radius 1 is 0.342 bits per heavy atom. The van der Waals surface area contributed by atoms with Gasteiger partial charge in [-0.05, 0) is 128 Å². The molecule has 0 N–H and O–H groups in total. The van der Waals surface area contributed by atoms with Gasteiger partial charge in [-0.3, -0.25) is 33.6 Å². The lowest BCUT2D eigenvalue weighted by molar-refractivity contribution is -0.168. The van der Waals surface area contributed by atoms with Crippen LogP contribution in [0.4, 0.5) is 0 Å². The second-order valence-corrected chi connectivity index (χ2v) is 23.1. The minimum atomic E-state index is -2.18. The van der Waals surface area contributed by atoms with Crippen molar-refractivity contribution in [2.75, 3.05) is 42.2 Å². The predicted octanol–water partition coefficient (Wildman–Crippen LogP) is 9.12. The average molecular weight is 1150 g/mol. The van der Waals surface area contributed by atoms with Gasteiger partial charge in [0, 0.05) is 13.0 Å². The molecule has 4 heterocycles. The minimum Gasteiger partial charge on any atom is -0.469 e. The lowest BCUT2D eigenvalue weighted by Crippen LogP contribution is -2.40. The summed E-state index contributed by atoms with van der Waals surface area (Å²) in [5.41, 5.74) is -1.26. The maximum Gasteiger partial charge on any atom is 0.340 e. The zero-order valence-corrected chi connectivity index (χ0v) is 50.8. The summed E-state index contributed by atoms with van der Waals surface area (Å²) in [5, 5.41) is 0. The number of alkyl halides is 3. The van der Waals surface area contributed by atoms with E-state index in [0.717, 1.165) is 12.8 Å². The van der Waals surface area contributed by atoms with Crippen molar-refractivity contribution in [1.82, 2.24) is 0 Å². The molecule has 19 nitrogen and oxygen atoms in total. The minimum absolute atomic E-state index is 0.0300. The van der Waals surface area contributed by atoms with E-state index in [1.165, 1.54) is 28.4 Å². The van der Waals surface area contributed by atoms with Crippen molar-refractivity contribution in [3.05, 3.63) is 0 Å². The van der Waals surface area contributed by atoms with Gasteiger partial charge in [-0.1, -0.05) is 55.4 Å². The highest BCUT2D eigenvalue weighted by molar-refractivity contribution is 6.66. The van der Waals surface area contributed by atoms with E-state index in [2.05, 4.69) is 6.92 Å². The van der Waals surface area contributed by atoms with Gasteiger partial charge < -0.3 is 56.8 Å². The summed E-state index contributed by atoms with van der Waals surface area (Å²) in [6, 6.07) is 0. The quantitative estimate of drug-likeness (QED) is 0.0751. The van der Waals surface area contributed by atoms with Gasteiger partial charge in [0.2, 0.25) is 0 Å². The van der Waals surface area contributed by atoms with E-state index in [1.54, 1.807) is 27.9 Å². The number of carbonyl (C=O) groups excluding carboxylic acids is 7. The number of halogens is 3. The average Bonchev–Trinajstić information content (AvgIpc) is 4.14. The molecule has 0 amide bonds. The van der Waals surface area contributed by atoms with Crippen LogP contribution in [0.25, 0.3) is 0 Å². The van der Waals surface area contributed by atoms with Crippen molar-refractivity contribution in [3.8, 4) is 0 Å². The van der Waals surface area contributed by atoms with E-state index in [1.807, 2.05) is 69.2 Å². The topological polar surface area (TPSA) is 230 Å². The Hall–Kier alpha value is -3.04. The summed E-state index contributed by atoms with van der Waals surface area (Å²) in [6.45, 7) is 26.8. The normalized spacial score (nSPS) is 30.9. The lowest BCUT2D eigenvalue weighted by atomic mass is 9.85. The van der Waals surface area contributed by atoms with Crippen LogP contribution in [0.5, 0.6) is 0 Å². The number of carbonyl (C=O) groups is 7. The van der Waals surface area contributed by atoms with Crippen LogP contribution in [0.1, 0.15) is 148 Å². The first-order chi connectivity index (χ1) is 35.4. The summed E-state index contributed by atoms with van der Waals surface area (Å²) in [7, 11) is 7.06. The summed E-state index contributed by atoms with van der Waals surface area (Å²) in [5.74, 6) is -7.02. The molecule has 4 rings (SSSR count). The third kappa shape index (κ3) is 20.3. The Morgan fingerprint density at radius 3 is 0.763 bits per heavy atom. The highest BCUT2D eigenvalue weighted by Crippen LogP contribution is 2.42. The van der Waals surface area contributed by atoms with Crippen molar-refractivity contribution in [1.29, 1.82) is 0 Å². The number of hydrogen-bond acceptors (Lipinski definition) is 19. The Morgan fingerprint density at radius 2 is 0.553 bits per heavy atom. The highest BCUT2D eigenvalue weighted by Gasteiger charge is 2.55. The molecule has 0 aromatic carbocycles. The van der Waals surface area contributed by atoms with E-state index in [-0.39, 0.29) is 60.4 Å². The van der Waals surface area contributed by atoms with Crippen LogP contribution >= 0.6 is 34.8 Å². The first-order valence-electron chi connectivity index (χ1n) is 26.6. The molecule has 4 aliphatic rings. The van der Waals surface area contributed by atoms with E-state index in [0.29, 0.717) is 45.1 Å². The zero-order valence-electron chi connectivity index (χ0n) is 48.5. The largest absolute Gasteiger partial charge is 0.469 e. The Balaban J connectivity index is 0.000000511. The van der Waals surface area contributed by atoms with Gasteiger partial charge in [0.25, 0.3) is 0 Å². The number of rotatable bonds is 17. The first kappa shape index (κ1) is 71.0. The fourth-order valence-electron chi connectivity index (χ4n) is 10.3. The summed E-state index contributed by atoms with van der Waals surface area (Å²) >= 11 is 16.6. The van der Waals surface area contributed by atoms with Crippen LogP contribution in [-0.4, -0.2) is 148 Å². The summed E-state index contributed by atoms with van der Waals surface area (Å²) in [6.07, 6.45) is 3.50. The van der Waals surface area contributed by atoms with E-state index < -0.39 is 92.7 Å². The lowest BCUT2D eigenvalue weighted by Gasteiger charge is -2.27. The molecule has 0 saturated carbocycles. The molecule has 4 fully saturated rings. The third-order valence-electron chi connectivity index (χ3n) is 13.6. The van der Waals surface area contributed by atoms with Gasteiger partial charge in [0.1, 0.15) is 11.2 Å². The second kappa shape index (κ2) is 32.9. The molecule has 16 atom stereocenters. The van der Waals surface area contributed by atoms with Crippen LogP contribution in [0.2, 0.25) is 0 Å². The number of ether oxygens (including phenoxy) is 12. The molecule has 0 radical (unpaired) electrons. The molecule has 0 bridgehead atoms. The van der Waals surface area contributed by atoms with Crippen LogP contribution in [0.3, 0.4) is 0 Å². The van der Waals surface area contributed by atoms with Crippen molar-refractivity contribution in [2.45, 2.75) is 212 Å². The molecule has 16 unspecified atom stereocenters. The van der Waals surface area contributed by atoms with Gasteiger partial charge >= 0.3 is 45.8 Å². The van der Waals surface area contributed by atoms with E-state index in [4.69, 9.17) is 91.6 Å². The van der Waals surface area contributed by atoms with Gasteiger partial charge in [-0.25, -0.2) is 0 Å². The molecule has 442 valence electrons. The molecule has 0 aromatic rings. The maximum absolute atomic E-state index is 12.6. The van der Waals surface area contributed by atoms with Gasteiger partial charge in [0.15, 0.2) is 0 Å². The van der Waals surface area contributed by atoms with E-state index >= 15 is 0 Å². The Kier molecular flexibility index (Phi) is 30.7. The smallest absolute Gasteiger partial charge is 0.340 e. The van der Waals surface area contributed by atoms with Crippen molar-refractivity contribution >= 4 is 76.6 Å². The number of methoxy groups -OCH3 is 5. The molecule has 0 aliphatic carbocycles. The van der Waals surface area contributed by atoms with Gasteiger partial charge in [-0.2, -0.15) is 0 Å². The van der Waals surface area contributed by atoms with E-state index in [9.17, 15) is 33.6 Å². The Bertz CT molecular complexity index is 1760. The Labute approximate surface area is 466 Å². The molecule has 0 spiro atoms. The highest BCUT2D eigenvalue weighted by atomic mass is 35.6. The predicted molar refractivity (Wildman–Crippen MR) is 283 cm³/mol. The van der Waals surface area contributed by atoms with Crippen LogP contribution in [0, 0.1) is 47.3 Å². The monoisotopic (exact) mass is 1150 g/mol. The molecular weight excluding hydrogens is 1060 g/mol. The number of hydrogen-bond donors (Lipinski definition) is 0. The molecule has 4 aliphatic heterocycles. The van der Waals surface area contributed by atoms with Crippen LogP contribution < -0.4 is 0 Å². The molecule has 76 heavy (non-hydrogen) atoms. The van der Waals surface area contributed by atoms with Crippen molar-refractivity contribution < 1.29 is 90.4 Å². The van der Waals surface area contributed by atoms with Crippen molar-refractivity contribution in [3.63, 3.8) is 0 Å². The third-order valence-corrected chi connectivity index (χ3v) is 13.9. The SMILES string of the molecule is CCC1OC(CC)C(C(=O)OC(C)(C)C)C1C(=O)OC.CCC1OC(CC)C(C(=O)OC(Cl)(Cl)Cl)C1C(=O)OC(C)(C)C.CCC1OC(CC)C(C(=O)OC)C1C(=O)OC.CCC1OC(CC)C(C(=O)OC)C1COC. The number of esters is 7. The van der Waals surface area contributed by atoms with Crippen molar-refractivity contribution in [2.24, 2.45) is 47.3 Å². The molecule has 22 heteroatoms. The van der Waals surface area contributed by atoms with Crippen LogP contribution in [-0.2, 0) is 90.4 Å². The fourth-order valence-corrected chi connectivity index (χ4v) is 10.6. The summed E-state index contributed by atoms with van der Waals surface area (Å²) < 4.78 is 61.2. The maximum atomic E-state index is 12.6. The van der Waals surface area contributed by atoms with Gasteiger partial charge in [0.05, 0.1) is 125 Å².